The molecule has 0 aliphatic rings. The van der Waals surface area contributed by atoms with Gasteiger partial charge in [0, 0.05) is 23.5 Å². The van der Waals surface area contributed by atoms with Crippen molar-refractivity contribution in [3.05, 3.63) is 29.3 Å². The number of sulfone groups is 1. The fourth-order valence-electron chi connectivity index (χ4n) is 1.50. The number of nitrogens with one attached hydrogen (secondary N) is 1. The Morgan fingerprint density at radius 2 is 2.05 bits per heavy atom. The van der Waals surface area contributed by atoms with E-state index in [4.69, 9.17) is 16.7 Å². The summed E-state index contributed by atoms with van der Waals surface area (Å²) < 4.78 is 22.0. The number of hydrogen-bond donors (Lipinski definition) is 2. The number of carboxylic acid groups (broad SMARTS) is 1. The van der Waals surface area contributed by atoms with E-state index in [0.29, 0.717) is 10.7 Å². The lowest BCUT2D eigenvalue weighted by atomic mass is 10.3. The average molecular weight is 335 g/mol. The molecule has 2 amide bonds. The Bertz CT molecular complexity index is 632. The zero-order chi connectivity index (χ0) is 16.0. The summed E-state index contributed by atoms with van der Waals surface area (Å²) in [7, 11) is -3.21. The van der Waals surface area contributed by atoms with Crippen LogP contribution in [0.25, 0.3) is 0 Å². The molecule has 0 radical (unpaired) electrons. The summed E-state index contributed by atoms with van der Waals surface area (Å²) >= 11 is 5.81. The fourth-order valence-corrected chi connectivity index (χ4v) is 2.16. The van der Waals surface area contributed by atoms with Crippen LogP contribution in [0.4, 0.5) is 10.5 Å². The second-order valence-electron chi connectivity index (χ2n) is 4.32. The standard InChI is InChI=1S/C12H15ClN2O5S/c1-21(19,20)6-5-14-12(18)15(8-11(16)17)10-4-2-3-9(13)7-10/h2-4,7H,5-6,8H2,1H3,(H,14,18)(H,16,17). The minimum absolute atomic E-state index is 0.103. The molecule has 1 aromatic carbocycles. The molecule has 9 heteroatoms. The Morgan fingerprint density at radius 3 is 2.57 bits per heavy atom. The predicted molar refractivity (Wildman–Crippen MR) is 79.5 cm³/mol. The maximum atomic E-state index is 12.0. The molecule has 116 valence electrons. The van der Waals surface area contributed by atoms with E-state index < -0.39 is 28.4 Å². The first-order valence-electron chi connectivity index (χ1n) is 5.89. The van der Waals surface area contributed by atoms with Gasteiger partial charge in [-0.2, -0.15) is 0 Å². The molecule has 0 unspecified atom stereocenters. The van der Waals surface area contributed by atoms with Crippen molar-refractivity contribution in [1.29, 1.82) is 0 Å². The molecule has 1 aromatic rings. The highest BCUT2D eigenvalue weighted by Gasteiger charge is 2.19. The van der Waals surface area contributed by atoms with Crippen LogP contribution in [0.2, 0.25) is 5.02 Å². The van der Waals surface area contributed by atoms with Crippen LogP contribution in [0.1, 0.15) is 0 Å². The molecule has 0 atom stereocenters. The van der Waals surface area contributed by atoms with Crippen molar-refractivity contribution in [3.8, 4) is 0 Å². The second kappa shape index (κ2) is 7.28. The Labute approximate surface area is 127 Å². The maximum absolute atomic E-state index is 12.0. The van der Waals surface area contributed by atoms with E-state index in [9.17, 15) is 18.0 Å². The third kappa shape index (κ3) is 6.46. The molecule has 0 bridgehead atoms. The van der Waals surface area contributed by atoms with Crippen molar-refractivity contribution in [1.82, 2.24) is 5.32 Å². The van der Waals surface area contributed by atoms with Gasteiger partial charge in [0.05, 0.1) is 5.75 Å². The van der Waals surface area contributed by atoms with Crippen molar-refractivity contribution in [3.63, 3.8) is 0 Å². The molecule has 1 rings (SSSR count). The van der Waals surface area contributed by atoms with E-state index in [2.05, 4.69) is 5.32 Å². The number of amides is 2. The summed E-state index contributed by atoms with van der Waals surface area (Å²) in [4.78, 5) is 23.8. The van der Waals surface area contributed by atoms with Gasteiger partial charge in [0.25, 0.3) is 0 Å². The smallest absolute Gasteiger partial charge is 0.323 e. The SMILES string of the molecule is CS(=O)(=O)CCNC(=O)N(CC(=O)O)c1cccc(Cl)c1. The average Bonchev–Trinajstić information content (AvgIpc) is 2.34. The van der Waals surface area contributed by atoms with Gasteiger partial charge in [-0.15, -0.1) is 0 Å². The molecule has 0 aliphatic heterocycles. The van der Waals surface area contributed by atoms with Gasteiger partial charge < -0.3 is 10.4 Å². The van der Waals surface area contributed by atoms with Crippen LogP contribution in [0, 0.1) is 0 Å². The normalized spacial score (nSPS) is 11.0. The van der Waals surface area contributed by atoms with Crippen molar-refractivity contribution >= 4 is 39.1 Å². The van der Waals surface area contributed by atoms with Crippen LogP contribution in [0.3, 0.4) is 0 Å². The Balaban J connectivity index is 2.82. The topological polar surface area (TPSA) is 104 Å². The summed E-state index contributed by atoms with van der Waals surface area (Å²) in [6, 6.07) is 5.44. The molecule has 0 saturated heterocycles. The van der Waals surface area contributed by atoms with Gasteiger partial charge in [-0.25, -0.2) is 13.2 Å². The largest absolute Gasteiger partial charge is 0.480 e. The molecule has 2 N–H and O–H groups in total. The Hall–Kier alpha value is -1.80. The van der Waals surface area contributed by atoms with Crippen LogP contribution < -0.4 is 10.2 Å². The highest BCUT2D eigenvalue weighted by molar-refractivity contribution is 7.90. The molecule has 0 saturated carbocycles. The Morgan fingerprint density at radius 1 is 1.38 bits per heavy atom. The highest BCUT2D eigenvalue weighted by Crippen LogP contribution is 2.19. The number of rotatable bonds is 6. The molecule has 7 nitrogen and oxygen atoms in total. The maximum Gasteiger partial charge on any atom is 0.323 e. The van der Waals surface area contributed by atoms with E-state index in [0.717, 1.165) is 11.2 Å². The lowest BCUT2D eigenvalue weighted by Crippen LogP contribution is -2.44. The first-order chi connectivity index (χ1) is 9.69. The number of urea groups is 1. The summed E-state index contributed by atoms with van der Waals surface area (Å²) in [6.45, 7) is -0.667. The van der Waals surface area contributed by atoms with E-state index in [1.54, 1.807) is 12.1 Å². The molecular formula is C12H15ClN2O5S. The fraction of sp³-hybridized carbons (Fsp3) is 0.333. The third-order valence-corrected chi connectivity index (χ3v) is 3.59. The third-order valence-electron chi connectivity index (χ3n) is 2.41. The predicted octanol–water partition coefficient (Wildman–Crippen LogP) is 0.985. The van der Waals surface area contributed by atoms with Gasteiger partial charge in [0.2, 0.25) is 0 Å². The van der Waals surface area contributed by atoms with Crippen LogP contribution in [0.5, 0.6) is 0 Å². The van der Waals surface area contributed by atoms with Gasteiger partial charge in [0.1, 0.15) is 16.4 Å². The first-order valence-corrected chi connectivity index (χ1v) is 8.33. The lowest BCUT2D eigenvalue weighted by Gasteiger charge is -2.21. The van der Waals surface area contributed by atoms with Gasteiger partial charge in [-0.1, -0.05) is 17.7 Å². The van der Waals surface area contributed by atoms with Crippen molar-refractivity contribution in [2.45, 2.75) is 0 Å². The number of hydrogen-bond acceptors (Lipinski definition) is 4. The number of anilines is 1. The van der Waals surface area contributed by atoms with Gasteiger partial charge in [-0.3, -0.25) is 9.69 Å². The molecular weight excluding hydrogens is 320 g/mol. The van der Waals surface area contributed by atoms with Crippen LogP contribution in [0.15, 0.2) is 24.3 Å². The lowest BCUT2D eigenvalue weighted by molar-refractivity contribution is -0.135. The molecule has 21 heavy (non-hydrogen) atoms. The van der Waals surface area contributed by atoms with E-state index >= 15 is 0 Å². The van der Waals surface area contributed by atoms with Crippen LogP contribution >= 0.6 is 11.6 Å². The number of aliphatic carboxylic acids is 1. The summed E-state index contributed by atoms with van der Waals surface area (Å²) in [5.74, 6) is -1.43. The molecule has 0 spiro atoms. The number of carboxylic acids is 1. The number of nitrogens with zero attached hydrogens (tertiary/aromatic N) is 1. The summed E-state index contributed by atoms with van der Waals surface area (Å²) in [5, 5.41) is 11.6. The van der Waals surface area contributed by atoms with E-state index in [1.807, 2.05) is 0 Å². The van der Waals surface area contributed by atoms with E-state index in [-0.39, 0.29) is 12.3 Å². The summed E-state index contributed by atoms with van der Waals surface area (Å²) in [5.41, 5.74) is 0.307. The zero-order valence-corrected chi connectivity index (χ0v) is 12.8. The number of carbonyl (C=O) groups is 2. The van der Waals surface area contributed by atoms with Crippen molar-refractivity contribution in [2.75, 3.05) is 30.0 Å². The minimum Gasteiger partial charge on any atom is -0.480 e. The molecule has 0 aliphatic carbocycles. The zero-order valence-electron chi connectivity index (χ0n) is 11.2. The Kier molecular flexibility index (Phi) is 5.98. The van der Waals surface area contributed by atoms with Crippen molar-refractivity contribution in [2.24, 2.45) is 0 Å². The quantitative estimate of drug-likeness (QED) is 0.807. The summed E-state index contributed by atoms with van der Waals surface area (Å²) in [6.07, 6.45) is 1.05. The van der Waals surface area contributed by atoms with Gasteiger partial charge in [0.15, 0.2) is 0 Å². The van der Waals surface area contributed by atoms with Gasteiger partial charge in [-0.05, 0) is 18.2 Å². The molecule has 0 fully saturated rings. The van der Waals surface area contributed by atoms with E-state index in [1.165, 1.54) is 12.1 Å². The number of halogens is 1. The molecule has 0 heterocycles. The highest BCUT2D eigenvalue weighted by atomic mass is 35.5. The number of carbonyl (C=O) groups excluding carboxylic acids is 1. The van der Waals surface area contributed by atoms with Crippen LogP contribution in [-0.4, -0.2) is 50.6 Å². The number of benzene rings is 1. The van der Waals surface area contributed by atoms with Crippen LogP contribution in [-0.2, 0) is 14.6 Å². The molecule has 0 aromatic heterocycles. The van der Waals surface area contributed by atoms with Gasteiger partial charge >= 0.3 is 12.0 Å². The monoisotopic (exact) mass is 334 g/mol. The van der Waals surface area contributed by atoms with Crippen molar-refractivity contribution < 1.29 is 23.1 Å². The second-order valence-corrected chi connectivity index (χ2v) is 7.02. The minimum atomic E-state index is -3.21. The first kappa shape index (κ1) is 17.3.